The lowest BCUT2D eigenvalue weighted by Crippen LogP contribution is -2.60. The van der Waals surface area contributed by atoms with Gasteiger partial charge in [-0.05, 0) is 36.6 Å². The molecular formula is C20H30O7. The number of benzene rings is 1. The summed E-state index contributed by atoms with van der Waals surface area (Å²) in [7, 11) is 0. The van der Waals surface area contributed by atoms with E-state index in [2.05, 4.69) is 13.8 Å². The SMILES string of the molecule is CC(C)CCCCC(=O)c1ccc(OC2OC(CO)C(O)C(O)C2O)cc1. The Hall–Kier alpha value is -1.51. The number of carbonyl (C=O) groups is 1. The van der Waals surface area contributed by atoms with E-state index in [1.165, 1.54) is 0 Å². The molecule has 1 saturated heterocycles. The molecule has 152 valence electrons. The second kappa shape index (κ2) is 10.1. The molecule has 0 spiro atoms. The van der Waals surface area contributed by atoms with Crippen molar-refractivity contribution in [2.75, 3.05) is 6.61 Å². The summed E-state index contributed by atoms with van der Waals surface area (Å²) in [5.74, 6) is 1.05. The third-order valence-corrected chi connectivity index (χ3v) is 4.71. The van der Waals surface area contributed by atoms with Crippen LogP contribution in [0.15, 0.2) is 24.3 Å². The molecule has 0 bridgehead atoms. The van der Waals surface area contributed by atoms with E-state index in [1.807, 2.05) is 0 Å². The number of carbonyl (C=O) groups excluding carboxylic acids is 1. The zero-order chi connectivity index (χ0) is 20.0. The number of ether oxygens (including phenoxy) is 2. The van der Waals surface area contributed by atoms with E-state index in [0.717, 1.165) is 19.3 Å². The molecule has 7 nitrogen and oxygen atoms in total. The Morgan fingerprint density at radius 2 is 1.74 bits per heavy atom. The van der Waals surface area contributed by atoms with Crippen molar-refractivity contribution in [3.05, 3.63) is 29.8 Å². The molecule has 2 rings (SSSR count). The second-order valence-electron chi connectivity index (χ2n) is 7.40. The van der Waals surface area contributed by atoms with Gasteiger partial charge in [0.15, 0.2) is 5.78 Å². The maximum atomic E-state index is 12.2. The van der Waals surface area contributed by atoms with Crippen LogP contribution in [0.2, 0.25) is 0 Å². The predicted octanol–water partition coefficient (Wildman–Crippen LogP) is 1.26. The first-order chi connectivity index (χ1) is 12.8. The molecule has 1 fully saturated rings. The predicted molar refractivity (Wildman–Crippen MR) is 98.5 cm³/mol. The van der Waals surface area contributed by atoms with Gasteiger partial charge in [0.25, 0.3) is 0 Å². The molecular weight excluding hydrogens is 352 g/mol. The number of unbranched alkanes of at least 4 members (excludes halogenated alkanes) is 1. The van der Waals surface area contributed by atoms with Gasteiger partial charge in [0.2, 0.25) is 6.29 Å². The molecule has 0 saturated carbocycles. The van der Waals surface area contributed by atoms with Crippen LogP contribution < -0.4 is 4.74 Å². The summed E-state index contributed by atoms with van der Waals surface area (Å²) in [4.78, 5) is 12.2. The molecule has 4 N–H and O–H groups in total. The highest BCUT2D eigenvalue weighted by Crippen LogP contribution is 2.24. The van der Waals surface area contributed by atoms with Crippen molar-refractivity contribution in [3.63, 3.8) is 0 Å². The highest BCUT2D eigenvalue weighted by Gasteiger charge is 2.44. The monoisotopic (exact) mass is 382 g/mol. The summed E-state index contributed by atoms with van der Waals surface area (Å²) in [6.45, 7) is 3.81. The Balaban J connectivity index is 1.90. The van der Waals surface area contributed by atoms with E-state index in [0.29, 0.717) is 23.7 Å². The van der Waals surface area contributed by atoms with Crippen molar-refractivity contribution in [3.8, 4) is 5.75 Å². The average molecular weight is 382 g/mol. The van der Waals surface area contributed by atoms with Crippen LogP contribution in [0.3, 0.4) is 0 Å². The topological polar surface area (TPSA) is 116 Å². The van der Waals surface area contributed by atoms with E-state index in [9.17, 15) is 25.2 Å². The van der Waals surface area contributed by atoms with Crippen molar-refractivity contribution in [2.24, 2.45) is 5.92 Å². The normalized spacial score (nSPS) is 28.3. The lowest BCUT2D eigenvalue weighted by Gasteiger charge is -2.39. The van der Waals surface area contributed by atoms with E-state index in [4.69, 9.17) is 9.47 Å². The van der Waals surface area contributed by atoms with E-state index in [-0.39, 0.29) is 5.78 Å². The van der Waals surface area contributed by atoms with Crippen LogP contribution >= 0.6 is 0 Å². The molecule has 0 radical (unpaired) electrons. The molecule has 1 aliphatic heterocycles. The van der Waals surface area contributed by atoms with Crippen molar-refractivity contribution < 1.29 is 34.7 Å². The molecule has 0 aliphatic carbocycles. The van der Waals surface area contributed by atoms with Gasteiger partial charge in [-0.25, -0.2) is 0 Å². The standard InChI is InChI=1S/C20H30O7/c1-12(2)5-3-4-6-15(22)13-7-9-14(10-8-13)26-20-19(25)18(24)17(23)16(11-21)27-20/h7-10,12,16-21,23-25H,3-6,11H2,1-2H3. The fraction of sp³-hybridized carbons (Fsp3) is 0.650. The van der Waals surface area contributed by atoms with E-state index in [1.54, 1.807) is 24.3 Å². The Bertz CT molecular complexity index is 584. The van der Waals surface area contributed by atoms with Crippen LogP contribution in [0.4, 0.5) is 0 Å². The Labute approximate surface area is 159 Å². The number of rotatable bonds is 9. The lowest BCUT2D eigenvalue weighted by molar-refractivity contribution is -0.277. The van der Waals surface area contributed by atoms with Crippen molar-refractivity contribution in [1.29, 1.82) is 0 Å². The Morgan fingerprint density at radius 1 is 1.07 bits per heavy atom. The molecule has 0 amide bonds. The summed E-state index contributed by atoms with van der Waals surface area (Å²) in [5, 5.41) is 38.7. The summed E-state index contributed by atoms with van der Waals surface area (Å²) >= 11 is 0. The third kappa shape index (κ3) is 5.99. The Kier molecular flexibility index (Phi) is 8.19. The fourth-order valence-electron chi connectivity index (χ4n) is 3.00. The molecule has 5 unspecified atom stereocenters. The van der Waals surface area contributed by atoms with Gasteiger partial charge >= 0.3 is 0 Å². The number of hydrogen-bond donors (Lipinski definition) is 4. The molecule has 1 aliphatic rings. The summed E-state index contributed by atoms with van der Waals surface area (Å²) < 4.78 is 10.8. The summed E-state index contributed by atoms with van der Waals surface area (Å²) in [6.07, 6.45) is -3.16. The number of aliphatic hydroxyl groups is 4. The first kappa shape index (κ1) is 21.8. The molecule has 0 aromatic heterocycles. The summed E-state index contributed by atoms with van der Waals surface area (Å²) in [6, 6.07) is 6.46. The van der Waals surface area contributed by atoms with Crippen LogP contribution in [0.5, 0.6) is 5.75 Å². The van der Waals surface area contributed by atoms with Gasteiger partial charge in [0, 0.05) is 12.0 Å². The summed E-state index contributed by atoms with van der Waals surface area (Å²) in [5.41, 5.74) is 0.584. The van der Waals surface area contributed by atoms with Crippen LogP contribution in [0, 0.1) is 5.92 Å². The minimum absolute atomic E-state index is 0.0677. The minimum Gasteiger partial charge on any atom is -0.462 e. The molecule has 7 heteroatoms. The zero-order valence-corrected chi connectivity index (χ0v) is 15.8. The average Bonchev–Trinajstić information content (AvgIpc) is 2.66. The fourth-order valence-corrected chi connectivity index (χ4v) is 3.00. The van der Waals surface area contributed by atoms with E-state index < -0.39 is 37.3 Å². The zero-order valence-electron chi connectivity index (χ0n) is 15.8. The van der Waals surface area contributed by atoms with Crippen molar-refractivity contribution in [2.45, 2.75) is 70.2 Å². The molecule has 5 atom stereocenters. The van der Waals surface area contributed by atoms with Gasteiger partial charge in [-0.1, -0.05) is 26.7 Å². The highest BCUT2D eigenvalue weighted by molar-refractivity contribution is 5.96. The number of hydrogen-bond acceptors (Lipinski definition) is 7. The molecule has 1 aromatic carbocycles. The van der Waals surface area contributed by atoms with E-state index >= 15 is 0 Å². The van der Waals surface area contributed by atoms with Crippen LogP contribution in [-0.4, -0.2) is 63.5 Å². The molecule has 1 heterocycles. The molecule has 27 heavy (non-hydrogen) atoms. The van der Waals surface area contributed by atoms with Crippen LogP contribution in [-0.2, 0) is 4.74 Å². The van der Waals surface area contributed by atoms with Gasteiger partial charge < -0.3 is 29.9 Å². The van der Waals surface area contributed by atoms with Crippen LogP contribution in [0.1, 0.15) is 49.9 Å². The van der Waals surface area contributed by atoms with Gasteiger partial charge in [-0.2, -0.15) is 0 Å². The second-order valence-corrected chi connectivity index (χ2v) is 7.40. The highest BCUT2D eigenvalue weighted by atomic mass is 16.7. The number of Topliss-reactive ketones (excluding diaryl/α,β-unsaturated/α-hetero) is 1. The quantitative estimate of drug-likeness (QED) is 0.375. The third-order valence-electron chi connectivity index (χ3n) is 4.71. The van der Waals surface area contributed by atoms with Gasteiger partial charge in [0.05, 0.1) is 6.61 Å². The first-order valence-corrected chi connectivity index (χ1v) is 9.44. The van der Waals surface area contributed by atoms with Gasteiger partial charge in [-0.15, -0.1) is 0 Å². The van der Waals surface area contributed by atoms with Gasteiger partial charge in [-0.3, -0.25) is 4.79 Å². The first-order valence-electron chi connectivity index (χ1n) is 9.44. The van der Waals surface area contributed by atoms with Crippen LogP contribution in [0.25, 0.3) is 0 Å². The maximum absolute atomic E-state index is 12.2. The Morgan fingerprint density at radius 3 is 2.33 bits per heavy atom. The van der Waals surface area contributed by atoms with Crippen molar-refractivity contribution >= 4 is 5.78 Å². The number of aliphatic hydroxyl groups excluding tert-OH is 4. The number of ketones is 1. The maximum Gasteiger partial charge on any atom is 0.229 e. The lowest BCUT2D eigenvalue weighted by atomic mass is 9.99. The molecule has 1 aromatic rings. The smallest absolute Gasteiger partial charge is 0.229 e. The van der Waals surface area contributed by atoms with Gasteiger partial charge in [0.1, 0.15) is 30.2 Å². The minimum atomic E-state index is -1.49. The largest absolute Gasteiger partial charge is 0.462 e. The van der Waals surface area contributed by atoms with Crippen molar-refractivity contribution in [1.82, 2.24) is 0 Å².